The van der Waals surface area contributed by atoms with Gasteiger partial charge >= 0.3 is 0 Å². The third-order valence-corrected chi connectivity index (χ3v) is 3.20. The van der Waals surface area contributed by atoms with Crippen LogP contribution in [0.2, 0.25) is 0 Å². The summed E-state index contributed by atoms with van der Waals surface area (Å²) in [6, 6.07) is 0. The van der Waals surface area contributed by atoms with Crippen LogP contribution in [0.3, 0.4) is 0 Å². The van der Waals surface area contributed by atoms with Crippen LogP contribution in [0.1, 0.15) is 20.3 Å². The van der Waals surface area contributed by atoms with Crippen molar-refractivity contribution in [2.45, 2.75) is 26.4 Å². The third-order valence-electron chi connectivity index (χ3n) is 3.20. The van der Waals surface area contributed by atoms with Gasteiger partial charge < -0.3 is 20.2 Å². The summed E-state index contributed by atoms with van der Waals surface area (Å²) in [7, 11) is 0. The zero-order valence-electron chi connectivity index (χ0n) is 11.8. The monoisotopic (exact) mass is 276 g/mol. The van der Waals surface area contributed by atoms with E-state index < -0.39 is 0 Å². The number of Topliss-reactive ketones (excluding diaryl/α,β-unsaturated/α-hetero) is 1. The Morgan fingerprint density at radius 3 is 2.85 bits per heavy atom. The first-order valence-electron chi connectivity index (χ1n) is 6.80. The van der Waals surface area contributed by atoms with E-state index in [2.05, 4.69) is 5.32 Å². The smallest absolute Gasteiger partial charge is 0.169 e. The molecule has 0 aromatic rings. The van der Waals surface area contributed by atoms with Crippen molar-refractivity contribution in [3.05, 3.63) is 35.4 Å². The molecule has 2 rings (SSSR count). The van der Waals surface area contributed by atoms with Crippen molar-refractivity contribution in [3.8, 4) is 0 Å². The number of ether oxygens (including phenoxy) is 2. The van der Waals surface area contributed by atoms with Crippen LogP contribution in [0.25, 0.3) is 0 Å². The second kappa shape index (κ2) is 6.52. The third kappa shape index (κ3) is 3.36. The van der Waals surface area contributed by atoms with Crippen LogP contribution >= 0.6 is 0 Å². The van der Waals surface area contributed by atoms with Crippen LogP contribution in [0.15, 0.2) is 35.4 Å². The fourth-order valence-corrected chi connectivity index (χ4v) is 2.04. The Bertz CT molecular complexity index is 483. The molecule has 1 saturated heterocycles. The van der Waals surface area contributed by atoms with Crippen LogP contribution in [-0.2, 0) is 14.3 Å². The topological polar surface area (TPSA) is 71.4 Å². The molecule has 0 aromatic carbocycles. The first-order chi connectivity index (χ1) is 9.61. The molecule has 2 heterocycles. The summed E-state index contributed by atoms with van der Waals surface area (Å²) in [6.45, 7) is 5.00. The van der Waals surface area contributed by atoms with Gasteiger partial charge in [-0.3, -0.25) is 4.79 Å². The summed E-state index contributed by atoms with van der Waals surface area (Å²) in [5.74, 6) is 0.534. The largest absolute Gasteiger partial charge is 0.486 e. The minimum absolute atomic E-state index is 0.0471. The summed E-state index contributed by atoms with van der Waals surface area (Å²) < 4.78 is 11.0. The molecule has 0 bridgehead atoms. The number of rotatable bonds is 5. The summed E-state index contributed by atoms with van der Waals surface area (Å²) in [4.78, 5) is 12.0. The van der Waals surface area contributed by atoms with Gasteiger partial charge in [-0.1, -0.05) is 13.8 Å². The van der Waals surface area contributed by atoms with Gasteiger partial charge in [0.25, 0.3) is 0 Å². The number of hydrogen-bond acceptors (Lipinski definition) is 5. The molecule has 0 radical (unpaired) electrons. The van der Waals surface area contributed by atoms with Gasteiger partial charge in [0, 0.05) is 24.8 Å². The van der Waals surface area contributed by atoms with E-state index in [4.69, 9.17) is 14.9 Å². The molecule has 0 aromatic heterocycles. The van der Waals surface area contributed by atoms with Crippen LogP contribution in [-0.4, -0.2) is 31.3 Å². The predicted octanol–water partition coefficient (Wildman–Crippen LogP) is 1.92. The van der Waals surface area contributed by atoms with Crippen molar-refractivity contribution in [2.24, 2.45) is 5.92 Å². The van der Waals surface area contributed by atoms with Crippen LogP contribution < -0.4 is 5.32 Å². The first kappa shape index (κ1) is 14.5. The molecule has 0 saturated carbocycles. The Morgan fingerprint density at radius 1 is 1.55 bits per heavy atom. The maximum atomic E-state index is 12.0. The van der Waals surface area contributed by atoms with E-state index >= 15 is 0 Å². The summed E-state index contributed by atoms with van der Waals surface area (Å²) in [6.07, 6.45) is 7.38. The van der Waals surface area contributed by atoms with Crippen LogP contribution in [0.5, 0.6) is 0 Å². The Kier molecular flexibility index (Phi) is 4.74. The number of hydrogen-bond donors (Lipinski definition) is 2. The van der Waals surface area contributed by atoms with Gasteiger partial charge in [-0.25, -0.2) is 0 Å². The number of nitrogens with one attached hydrogen (secondary N) is 2. The Balaban J connectivity index is 2.04. The molecule has 5 heteroatoms. The van der Waals surface area contributed by atoms with Gasteiger partial charge in [0.05, 0.1) is 24.5 Å². The molecule has 2 N–H and O–H groups in total. The number of carbonyl (C=O) groups excluding carboxylic acids is 1. The maximum absolute atomic E-state index is 12.0. The van der Waals surface area contributed by atoms with Gasteiger partial charge in [0.2, 0.25) is 0 Å². The summed E-state index contributed by atoms with van der Waals surface area (Å²) in [5.41, 5.74) is 1.02. The van der Waals surface area contributed by atoms with Gasteiger partial charge in [-0.2, -0.15) is 0 Å². The molecular weight excluding hydrogens is 256 g/mol. The zero-order chi connectivity index (χ0) is 14.5. The molecule has 20 heavy (non-hydrogen) atoms. The molecule has 1 fully saturated rings. The van der Waals surface area contributed by atoms with E-state index in [1.807, 2.05) is 13.8 Å². The molecule has 0 amide bonds. The molecule has 2 aliphatic rings. The number of allylic oxidation sites excluding steroid dienone is 3. The highest BCUT2D eigenvalue weighted by Crippen LogP contribution is 2.18. The lowest BCUT2D eigenvalue weighted by molar-refractivity contribution is -0.117. The summed E-state index contributed by atoms with van der Waals surface area (Å²) in [5, 5.41) is 10.4. The van der Waals surface area contributed by atoms with Gasteiger partial charge in [0.1, 0.15) is 11.9 Å². The first-order valence-corrected chi connectivity index (χ1v) is 6.80. The van der Waals surface area contributed by atoms with Crippen molar-refractivity contribution >= 4 is 12.0 Å². The lowest BCUT2D eigenvalue weighted by Gasteiger charge is -2.18. The minimum atomic E-state index is -0.133. The Morgan fingerprint density at radius 2 is 2.35 bits per heavy atom. The lowest BCUT2D eigenvalue weighted by atomic mass is 9.99. The number of dihydropyridines is 1. The Labute approximate surface area is 118 Å². The van der Waals surface area contributed by atoms with Crippen molar-refractivity contribution in [3.63, 3.8) is 0 Å². The maximum Gasteiger partial charge on any atom is 0.169 e. The second-order valence-electron chi connectivity index (χ2n) is 5.12. The van der Waals surface area contributed by atoms with Crippen molar-refractivity contribution in [2.75, 3.05) is 13.2 Å². The molecule has 5 nitrogen and oxygen atoms in total. The normalized spacial score (nSPS) is 24.1. The highest BCUT2D eigenvalue weighted by atomic mass is 16.5. The fourth-order valence-electron chi connectivity index (χ4n) is 2.04. The molecule has 1 atom stereocenters. The zero-order valence-corrected chi connectivity index (χ0v) is 11.8. The quantitative estimate of drug-likeness (QED) is 0.594. The van der Waals surface area contributed by atoms with E-state index in [1.165, 1.54) is 0 Å². The Hall–Kier alpha value is -1.88. The molecule has 108 valence electrons. The fraction of sp³-hybridized carbons (Fsp3) is 0.467. The number of carbonyl (C=O) groups is 1. The van der Waals surface area contributed by atoms with E-state index in [-0.39, 0.29) is 17.8 Å². The van der Waals surface area contributed by atoms with E-state index in [0.717, 1.165) is 19.2 Å². The predicted molar refractivity (Wildman–Crippen MR) is 76.3 cm³/mol. The highest BCUT2D eigenvalue weighted by molar-refractivity contribution is 6.14. The van der Waals surface area contributed by atoms with E-state index in [9.17, 15) is 4.79 Å². The molecule has 0 aliphatic carbocycles. The SMILES string of the molecule is CC(C)C(=O)/C(C=N)=C1\C=CC(OC2CCOC2)=CN1. The highest BCUT2D eigenvalue weighted by Gasteiger charge is 2.20. The van der Waals surface area contributed by atoms with Crippen molar-refractivity contribution < 1.29 is 14.3 Å². The summed E-state index contributed by atoms with van der Waals surface area (Å²) >= 11 is 0. The van der Waals surface area contributed by atoms with E-state index in [0.29, 0.717) is 23.6 Å². The van der Waals surface area contributed by atoms with Gasteiger partial charge in [-0.15, -0.1) is 0 Å². The lowest BCUT2D eigenvalue weighted by Crippen LogP contribution is -2.21. The average molecular weight is 276 g/mol. The van der Waals surface area contributed by atoms with Crippen LogP contribution in [0.4, 0.5) is 0 Å². The van der Waals surface area contributed by atoms with Crippen LogP contribution in [0, 0.1) is 11.3 Å². The average Bonchev–Trinajstić information content (AvgIpc) is 2.94. The standard InChI is InChI=1S/C15H20N2O3/c1-10(2)15(18)13(7-16)14-4-3-11(8-17-14)20-12-5-6-19-9-12/h3-4,7-8,10,12,16-17H,5-6,9H2,1-2H3/b14-13+,16-7?. The molecule has 2 aliphatic heterocycles. The van der Waals surface area contributed by atoms with Crippen molar-refractivity contribution in [1.29, 1.82) is 5.41 Å². The minimum Gasteiger partial charge on any atom is -0.486 e. The van der Waals surface area contributed by atoms with E-state index in [1.54, 1.807) is 18.4 Å². The molecular formula is C15H20N2O3. The molecule has 1 unspecified atom stereocenters. The van der Waals surface area contributed by atoms with Gasteiger partial charge in [0.15, 0.2) is 5.78 Å². The van der Waals surface area contributed by atoms with Gasteiger partial charge in [-0.05, 0) is 12.2 Å². The second-order valence-corrected chi connectivity index (χ2v) is 5.12. The molecule has 0 spiro atoms. The van der Waals surface area contributed by atoms with Crippen molar-refractivity contribution in [1.82, 2.24) is 5.32 Å². The number of ketones is 1.